The van der Waals surface area contributed by atoms with Gasteiger partial charge in [0.1, 0.15) is 5.75 Å². The molecule has 0 amide bonds. The van der Waals surface area contributed by atoms with Gasteiger partial charge in [-0.05, 0) is 36.2 Å². The molecule has 0 aliphatic rings. The molecule has 0 aliphatic carbocycles. The van der Waals surface area contributed by atoms with Crippen LogP contribution in [0.3, 0.4) is 0 Å². The van der Waals surface area contributed by atoms with Crippen molar-refractivity contribution in [2.45, 2.75) is 13.5 Å². The van der Waals surface area contributed by atoms with E-state index < -0.39 is 0 Å². The number of hydrogen-bond donors (Lipinski definition) is 0. The van der Waals surface area contributed by atoms with Crippen LogP contribution in [-0.4, -0.2) is 16.9 Å². The zero-order valence-electron chi connectivity index (χ0n) is 10.2. The van der Waals surface area contributed by atoms with Gasteiger partial charge < -0.3 is 4.74 Å². The molecule has 1 heterocycles. The quantitative estimate of drug-likeness (QED) is 0.803. The molecule has 0 saturated heterocycles. The zero-order chi connectivity index (χ0) is 12.3. The minimum absolute atomic E-state index is 0.835. The summed E-state index contributed by atoms with van der Waals surface area (Å²) >= 11 is 0. The van der Waals surface area contributed by atoms with E-state index in [4.69, 9.17) is 4.74 Å². The maximum atomic E-state index is 5.28. The van der Waals surface area contributed by atoms with Crippen molar-refractivity contribution in [2.75, 3.05) is 7.11 Å². The number of rotatable bonds is 4. The van der Waals surface area contributed by atoms with Crippen LogP contribution in [0, 0.1) is 0 Å². The lowest BCUT2D eigenvalue weighted by Crippen LogP contribution is -1.92. The van der Waals surface area contributed by atoms with Gasteiger partial charge in [0.05, 0.1) is 13.3 Å². The van der Waals surface area contributed by atoms with Gasteiger partial charge in [-0.2, -0.15) is 5.10 Å². The second kappa shape index (κ2) is 4.87. The Bertz CT molecular complexity index is 529. The lowest BCUT2D eigenvalue weighted by Gasteiger charge is -2.05. The summed E-state index contributed by atoms with van der Waals surface area (Å²) in [4.78, 5) is 0. The molecule has 0 bridgehead atoms. The Balaban J connectivity index is 2.46. The van der Waals surface area contributed by atoms with Crippen LogP contribution in [0.1, 0.15) is 12.5 Å². The van der Waals surface area contributed by atoms with Crippen molar-refractivity contribution in [1.82, 2.24) is 9.78 Å². The molecule has 2 aromatic rings. The van der Waals surface area contributed by atoms with E-state index in [9.17, 15) is 0 Å². The molecule has 0 fully saturated rings. The zero-order valence-corrected chi connectivity index (χ0v) is 10.2. The number of aryl methyl sites for hydroxylation is 1. The minimum Gasteiger partial charge on any atom is -0.497 e. The van der Waals surface area contributed by atoms with Gasteiger partial charge in [0.15, 0.2) is 0 Å². The molecular weight excluding hydrogens is 212 g/mol. The first-order valence-electron chi connectivity index (χ1n) is 5.61. The standard InChI is InChI=1S/C14H16N2O/c1-4-11-6-12(8-14(7-11)17-3)13-9-15-16(5-2)10-13/h4,6-10H,1,5H2,2-3H3. The molecule has 0 unspecified atom stereocenters. The van der Waals surface area contributed by atoms with Crippen molar-refractivity contribution in [1.29, 1.82) is 0 Å². The van der Waals surface area contributed by atoms with Crippen LogP contribution in [0.5, 0.6) is 5.75 Å². The molecular formula is C14H16N2O. The highest BCUT2D eigenvalue weighted by Crippen LogP contribution is 2.26. The van der Waals surface area contributed by atoms with Crippen molar-refractivity contribution in [3.8, 4) is 16.9 Å². The van der Waals surface area contributed by atoms with Gasteiger partial charge in [0.25, 0.3) is 0 Å². The van der Waals surface area contributed by atoms with Gasteiger partial charge >= 0.3 is 0 Å². The molecule has 1 aromatic carbocycles. The fourth-order valence-corrected chi connectivity index (χ4v) is 1.71. The smallest absolute Gasteiger partial charge is 0.120 e. The molecule has 0 atom stereocenters. The van der Waals surface area contributed by atoms with Crippen LogP contribution in [0.15, 0.2) is 37.2 Å². The van der Waals surface area contributed by atoms with E-state index >= 15 is 0 Å². The number of benzene rings is 1. The number of ether oxygens (including phenoxy) is 1. The van der Waals surface area contributed by atoms with E-state index in [1.54, 1.807) is 7.11 Å². The Morgan fingerprint density at radius 3 is 2.76 bits per heavy atom. The largest absolute Gasteiger partial charge is 0.497 e. The summed E-state index contributed by atoms with van der Waals surface area (Å²) in [5.41, 5.74) is 3.23. The minimum atomic E-state index is 0.835. The molecule has 0 N–H and O–H groups in total. The topological polar surface area (TPSA) is 27.1 Å². The summed E-state index contributed by atoms with van der Waals surface area (Å²) in [5.74, 6) is 0.835. The second-order valence-electron chi connectivity index (χ2n) is 3.78. The Hall–Kier alpha value is -2.03. The summed E-state index contributed by atoms with van der Waals surface area (Å²) in [6.45, 7) is 6.73. The number of methoxy groups -OCH3 is 1. The summed E-state index contributed by atoms with van der Waals surface area (Å²) in [6.07, 6.45) is 5.71. The summed E-state index contributed by atoms with van der Waals surface area (Å²) in [7, 11) is 1.67. The predicted molar refractivity (Wildman–Crippen MR) is 70.0 cm³/mol. The van der Waals surface area contributed by atoms with Gasteiger partial charge in [-0.1, -0.05) is 12.7 Å². The fourth-order valence-electron chi connectivity index (χ4n) is 1.71. The lowest BCUT2D eigenvalue weighted by atomic mass is 10.1. The summed E-state index contributed by atoms with van der Waals surface area (Å²) in [5, 5.41) is 4.27. The van der Waals surface area contributed by atoms with Crippen molar-refractivity contribution in [3.05, 3.63) is 42.7 Å². The maximum absolute atomic E-state index is 5.28. The molecule has 88 valence electrons. The van der Waals surface area contributed by atoms with Crippen LogP contribution < -0.4 is 4.74 Å². The molecule has 0 saturated carbocycles. The molecule has 0 aliphatic heterocycles. The predicted octanol–water partition coefficient (Wildman–Crippen LogP) is 3.22. The van der Waals surface area contributed by atoms with E-state index in [1.807, 2.05) is 35.3 Å². The molecule has 3 nitrogen and oxygen atoms in total. The van der Waals surface area contributed by atoms with Crippen LogP contribution in [-0.2, 0) is 6.54 Å². The fraction of sp³-hybridized carbons (Fsp3) is 0.214. The Kier molecular flexibility index (Phi) is 3.28. The van der Waals surface area contributed by atoms with Crippen molar-refractivity contribution >= 4 is 6.08 Å². The highest BCUT2D eigenvalue weighted by Gasteiger charge is 2.04. The average Bonchev–Trinajstić information content (AvgIpc) is 2.86. The monoisotopic (exact) mass is 228 g/mol. The van der Waals surface area contributed by atoms with Crippen LogP contribution in [0.25, 0.3) is 17.2 Å². The van der Waals surface area contributed by atoms with Crippen LogP contribution in [0.2, 0.25) is 0 Å². The Labute approximate surface area is 101 Å². The number of nitrogens with zero attached hydrogens (tertiary/aromatic N) is 2. The highest BCUT2D eigenvalue weighted by molar-refractivity contribution is 5.68. The highest BCUT2D eigenvalue weighted by atomic mass is 16.5. The number of hydrogen-bond acceptors (Lipinski definition) is 2. The normalized spacial score (nSPS) is 10.2. The van der Waals surface area contributed by atoms with E-state index in [0.29, 0.717) is 0 Å². The molecule has 0 spiro atoms. The van der Waals surface area contributed by atoms with Crippen LogP contribution in [0.4, 0.5) is 0 Å². The molecule has 17 heavy (non-hydrogen) atoms. The van der Waals surface area contributed by atoms with E-state index in [2.05, 4.69) is 24.7 Å². The van der Waals surface area contributed by atoms with Crippen molar-refractivity contribution < 1.29 is 4.74 Å². The van der Waals surface area contributed by atoms with Crippen molar-refractivity contribution in [2.24, 2.45) is 0 Å². The first kappa shape index (κ1) is 11.5. The second-order valence-corrected chi connectivity index (χ2v) is 3.78. The first-order valence-corrected chi connectivity index (χ1v) is 5.61. The lowest BCUT2D eigenvalue weighted by molar-refractivity contribution is 0.415. The van der Waals surface area contributed by atoms with Crippen molar-refractivity contribution in [3.63, 3.8) is 0 Å². The SMILES string of the molecule is C=Cc1cc(OC)cc(-c2cnn(CC)c2)c1. The Morgan fingerprint density at radius 1 is 1.35 bits per heavy atom. The molecule has 0 radical (unpaired) electrons. The van der Waals surface area contributed by atoms with Gasteiger partial charge in [0.2, 0.25) is 0 Å². The first-order chi connectivity index (χ1) is 8.26. The van der Waals surface area contributed by atoms with E-state index in [-0.39, 0.29) is 0 Å². The van der Waals surface area contributed by atoms with Gasteiger partial charge in [-0.25, -0.2) is 0 Å². The van der Waals surface area contributed by atoms with E-state index in [1.165, 1.54) is 0 Å². The Morgan fingerprint density at radius 2 is 2.18 bits per heavy atom. The van der Waals surface area contributed by atoms with Gasteiger partial charge in [0, 0.05) is 18.3 Å². The number of aromatic nitrogens is 2. The maximum Gasteiger partial charge on any atom is 0.120 e. The van der Waals surface area contributed by atoms with E-state index in [0.717, 1.165) is 29.0 Å². The summed E-state index contributed by atoms with van der Waals surface area (Å²) in [6, 6.07) is 6.04. The third-order valence-corrected chi connectivity index (χ3v) is 2.69. The molecule has 1 aromatic heterocycles. The van der Waals surface area contributed by atoms with Crippen LogP contribution >= 0.6 is 0 Å². The third-order valence-electron chi connectivity index (χ3n) is 2.69. The van der Waals surface area contributed by atoms with Gasteiger partial charge in [-0.3, -0.25) is 4.68 Å². The molecule has 2 rings (SSSR count). The third kappa shape index (κ3) is 2.38. The average molecular weight is 228 g/mol. The molecule has 3 heteroatoms. The van der Waals surface area contributed by atoms with Gasteiger partial charge in [-0.15, -0.1) is 0 Å². The summed E-state index contributed by atoms with van der Waals surface area (Å²) < 4.78 is 7.18.